The molecule has 1 N–H and O–H groups in total. The van der Waals surface area contributed by atoms with Gasteiger partial charge in [0.2, 0.25) is 5.91 Å². The number of carbonyl (C=O) groups is 1. The van der Waals surface area contributed by atoms with Crippen LogP contribution in [0, 0.1) is 0 Å². The molecule has 0 unspecified atom stereocenters. The Balaban J connectivity index is 1.97. The molecule has 0 bridgehead atoms. The lowest BCUT2D eigenvalue weighted by atomic mass is 10.1. The van der Waals surface area contributed by atoms with Gasteiger partial charge in [-0.3, -0.25) is 4.79 Å². The molecule has 1 saturated heterocycles. The van der Waals surface area contributed by atoms with E-state index < -0.39 is 0 Å². The van der Waals surface area contributed by atoms with E-state index >= 15 is 0 Å². The van der Waals surface area contributed by atoms with E-state index in [4.69, 9.17) is 4.74 Å². The van der Waals surface area contributed by atoms with E-state index in [0.717, 1.165) is 46.3 Å². The second kappa shape index (κ2) is 7.31. The van der Waals surface area contributed by atoms with Crippen LogP contribution < -0.4 is 10.1 Å². The van der Waals surface area contributed by atoms with E-state index in [0.29, 0.717) is 6.54 Å². The predicted molar refractivity (Wildman–Crippen MR) is 87.3 cm³/mol. The van der Waals surface area contributed by atoms with E-state index in [1.54, 1.807) is 7.11 Å². The molecule has 0 aliphatic carbocycles. The zero-order valence-electron chi connectivity index (χ0n) is 11.4. The Morgan fingerprint density at radius 3 is 2.60 bits per heavy atom. The second-order valence-corrected chi connectivity index (χ2v) is 6.47. The number of halogens is 2. The standard InChI is InChI=1S/C14H18Br2N2O2/c1-20-13-8-12(10(15)7-11(13)16)17-9-14(19)18-5-3-2-4-6-18/h7-8,17H,2-6,9H2,1H3. The number of hydrogen-bond donors (Lipinski definition) is 1. The number of likely N-dealkylation sites (tertiary alicyclic amines) is 1. The van der Waals surface area contributed by atoms with E-state index in [1.165, 1.54) is 6.42 Å². The lowest BCUT2D eigenvalue weighted by Crippen LogP contribution is -2.39. The number of nitrogens with one attached hydrogen (secondary N) is 1. The van der Waals surface area contributed by atoms with E-state index in [2.05, 4.69) is 37.2 Å². The van der Waals surface area contributed by atoms with E-state index in [-0.39, 0.29) is 5.91 Å². The fourth-order valence-corrected chi connectivity index (χ4v) is 3.54. The lowest BCUT2D eigenvalue weighted by Gasteiger charge is -2.27. The first-order valence-corrected chi connectivity index (χ1v) is 8.25. The van der Waals surface area contributed by atoms with Crippen LogP contribution in [-0.4, -0.2) is 37.6 Å². The number of piperidine rings is 1. The van der Waals surface area contributed by atoms with Crippen molar-refractivity contribution in [3.63, 3.8) is 0 Å². The topological polar surface area (TPSA) is 41.6 Å². The van der Waals surface area contributed by atoms with Gasteiger partial charge >= 0.3 is 0 Å². The number of nitrogens with zero attached hydrogens (tertiary/aromatic N) is 1. The van der Waals surface area contributed by atoms with Crippen molar-refractivity contribution >= 4 is 43.5 Å². The minimum atomic E-state index is 0.151. The maximum absolute atomic E-state index is 12.1. The largest absolute Gasteiger partial charge is 0.495 e. The van der Waals surface area contributed by atoms with Crippen molar-refractivity contribution < 1.29 is 9.53 Å². The van der Waals surface area contributed by atoms with Crippen LogP contribution in [0.5, 0.6) is 5.75 Å². The minimum absolute atomic E-state index is 0.151. The summed E-state index contributed by atoms with van der Waals surface area (Å²) >= 11 is 6.91. The highest BCUT2D eigenvalue weighted by molar-refractivity contribution is 9.11. The Morgan fingerprint density at radius 2 is 1.95 bits per heavy atom. The highest BCUT2D eigenvalue weighted by atomic mass is 79.9. The van der Waals surface area contributed by atoms with Gasteiger partial charge in [-0.2, -0.15) is 0 Å². The fourth-order valence-electron chi connectivity index (χ4n) is 2.25. The Bertz CT molecular complexity index is 488. The molecule has 110 valence electrons. The molecular formula is C14H18Br2N2O2. The first kappa shape index (κ1) is 15.6. The zero-order valence-corrected chi connectivity index (χ0v) is 14.6. The Labute approximate surface area is 136 Å². The summed E-state index contributed by atoms with van der Waals surface area (Å²) in [7, 11) is 1.62. The smallest absolute Gasteiger partial charge is 0.241 e. The Kier molecular flexibility index (Phi) is 5.72. The molecule has 6 heteroatoms. The van der Waals surface area contributed by atoms with Gasteiger partial charge in [0.25, 0.3) is 0 Å². The molecule has 1 aliphatic rings. The highest BCUT2D eigenvalue weighted by Gasteiger charge is 2.16. The molecule has 1 aromatic rings. The van der Waals surface area contributed by atoms with Crippen LogP contribution in [0.4, 0.5) is 5.69 Å². The number of methoxy groups -OCH3 is 1. The molecule has 1 aromatic carbocycles. The highest BCUT2D eigenvalue weighted by Crippen LogP contribution is 2.34. The first-order valence-electron chi connectivity index (χ1n) is 6.66. The molecule has 2 rings (SSSR count). The van der Waals surface area contributed by atoms with Crippen LogP contribution >= 0.6 is 31.9 Å². The van der Waals surface area contributed by atoms with E-state index in [9.17, 15) is 4.79 Å². The SMILES string of the molecule is COc1cc(NCC(=O)N2CCCCC2)c(Br)cc1Br. The molecule has 1 fully saturated rings. The van der Waals surface area contributed by atoms with Crippen LogP contribution in [0.2, 0.25) is 0 Å². The van der Waals surface area contributed by atoms with Crippen molar-refractivity contribution in [1.29, 1.82) is 0 Å². The summed E-state index contributed by atoms with van der Waals surface area (Å²) in [6, 6.07) is 3.78. The van der Waals surface area contributed by atoms with Crippen molar-refractivity contribution in [2.45, 2.75) is 19.3 Å². The van der Waals surface area contributed by atoms with E-state index in [1.807, 2.05) is 17.0 Å². The fraction of sp³-hybridized carbons (Fsp3) is 0.500. The summed E-state index contributed by atoms with van der Waals surface area (Å²) < 4.78 is 7.04. The molecule has 0 saturated carbocycles. The van der Waals surface area contributed by atoms with Crippen molar-refractivity contribution in [1.82, 2.24) is 4.90 Å². The molecule has 4 nitrogen and oxygen atoms in total. The molecule has 1 heterocycles. The van der Waals surface area contributed by atoms with Gasteiger partial charge in [-0.15, -0.1) is 0 Å². The average molecular weight is 406 g/mol. The molecule has 0 aromatic heterocycles. The summed E-state index contributed by atoms with van der Waals surface area (Å²) in [6.07, 6.45) is 3.45. The van der Waals surface area contributed by atoms with Gasteiger partial charge < -0.3 is 15.0 Å². The molecular weight excluding hydrogens is 388 g/mol. The van der Waals surface area contributed by atoms with Gasteiger partial charge in [-0.05, 0) is 57.2 Å². The van der Waals surface area contributed by atoms with Crippen molar-refractivity contribution in [3.05, 3.63) is 21.1 Å². The van der Waals surface area contributed by atoms with Gasteiger partial charge in [0.15, 0.2) is 0 Å². The predicted octanol–water partition coefficient (Wildman–Crippen LogP) is 3.64. The van der Waals surface area contributed by atoms with Crippen LogP contribution in [0.3, 0.4) is 0 Å². The molecule has 0 spiro atoms. The normalized spacial score (nSPS) is 15.1. The van der Waals surface area contributed by atoms with Gasteiger partial charge in [0, 0.05) is 23.6 Å². The second-order valence-electron chi connectivity index (χ2n) is 4.76. The van der Waals surface area contributed by atoms with Crippen LogP contribution in [0.25, 0.3) is 0 Å². The van der Waals surface area contributed by atoms with Crippen LogP contribution in [-0.2, 0) is 4.79 Å². The number of amides is 1. The number of rotatable bonds is 4. The Morgan fingerprint density at radius 1 is 1.25 bits per heavy atom. The maximum atomic E-state index is 12.1. The van der Waals surface area contributed by atoms with Gasteiger partial charge in [0.05, 0.1) is 23.8 Å². The van der Waals surface area contributed by atoms with Crippen LogP contribution in [0.15, 0.2) is 21.1 Å². The van der Waals surface area contributed by atoms with Gasteiger partial charge in [0.1, 0.15) is 5.75 Å². The third-order valence-electron chi connectivity index (χ3n) is 3.38. The van der Waals surface area contributed by atoms with Gasteiger partial charge in [-0.1, -0.05) is 0 Å². The number of hydrogen-bond acceptors (Lipinski definition) is 3. The number of carbonyl (C=O) groups excluding carboxylic acids is 1. The average Bonchev–Trinajstić information content (AvgIpc) is 2.47. The summed E-state index contributed by atoms with van der Waals surface area (Å²) in [5.41, 5.74) is 0.857. The molecule has 0 atom stereocenters. The van der Waals surface area contributed by atoms with Crippen LogP contribution in [0.1, 0.15) is 19.3 Å². The number of benzene rings is 1. The van der Waals surface area contributed by atoms with Gasteiger partial charge in [-0.25, -0.2) is 0 Å². The summed E-state index contributed by atoms with van der Waals surface area (Å²) in [4.78, 5) is 14.0. The summed E-state index contributed by atoms with van der Waals surface area (Å²) in [5, 5.41) is 3.17. The lowest BCUT2D eigenvalue weighted by molar-refractivity contribution is -0.130. The first-order chi connectivity index (χ1) is 9.61. The summed E-state index contributed by atoms with van der Waals surface area (Å²) in [6.45, 7) is 2.07. The summed E-state index contributed by atoms with van der Waals surface area (Å²) in [5.74, 6) is 0.889. The number of ether oxygens (including phenoxy) is 1. The Hall–Kier alpha value is -0.750. The van der Waals surface area contributed by atoms with Crippen molar-refractivity contribution in [2.75, 3.05) is 32.1 Å². The van der Waals surface area contributed by atoms with Crippen molar-refractivity contribution in [3.8, 4) is 5.75 Å². The van der Waals surface area contributed by atoms with Crippen molar-refractivity contribution in [2.24, 2.45) is 0 Å². The molecule has 1 amide bonds. The maximum Gasteiger partial charge on any atom is 0.241 e. The quantitative estimate of drug-likeness (QED) is 0.831. The molecule has 0 radical (unpaired) electrons. The molecule has 20 heavy (non-hydrogen) atoms. The minimum Gasteiger partial charge on any atom is -0.495 e. The molecule has 1 aliphatic heterocycles. The third-order valence-corrected chi connectivity index (χ3v) is 4.66. The zero-order chi connectivity index (χ0) is 14.5. The number of anilines is 1. The monoisotopic (exact) mass is 404 g/mol. The third kappa shape index (κ3) is 3.88.